The number of aryl methyl sites for hydroxylation is 1. The SMILES string of the molecule is CCc1ccc(CNC(=O)[C@@H](C)NC(=O)C(C)(C)C)s1. The van der Waals surface area contributed by atoms with E-state index in [0.717, 1.165) is 11.3 Å². The summed E-state index contributed by atoms with van der Waals surface area (Å²) in [5.41, 5.74) is -0.488. The smallest absolute Gasteiger partial charge is 0.242 e. The van der Waals surface area contributed by atoms with Crippen LogP contribution in [0.4, 0.5) is 0 Å². The van der Waals surface area contributed by atoms with E-state index in [2.05, 4.69) is 23.6 Å². The van der Waals surface area contributed by atoms with Crippen LogP contribution in [0.25, 0.3) is 0 Å². The van der Waals surface area contributed by atoms with Crippen LogP contribution in [-0.4, -0.2) is 17.9 Å². The van der Waals surface area contributed by atoms with Crippen molar-refractivity contribution < 1.29 is 9.59 Å². The zero-order chi connectivity index (χ0) is 15.3. The van der Waals surface area contributed by atoms with Gasteiger partial charge in [-0.25, -0.2) is 0 Å². The summed E-state index contributed by atoms with van der Waals surface area (Å²) in [7, 11) is 0. The van der Waals surface area contributed by atoms with E-state index in [1.165, 1.54) is 4.88 Å². The number of carbonyl (C=O) groups is 2. The molecular formula is C15H24N2O2S. The van der Waals surface area contributed by atoms with E-state index in [-0.39, 0.29) is 11.8 Å². The average molecular weight is 296 g/mol. The molecule has 112 valence electrons. The lowest BCUT2D eigenvalue weighted by Gasteiger charge is -2.21. The van der Waals surface area contributed by atoms with Crippen LogP contribution in [0.1, 0.15) is 44.4 Å². The van der Waals surface area contributed by atoms with Crippen LogP contribution >= 0.6 is 11.3 Å². The van der Waals surface area contributed by atoms with Crippen LogP contribution in [0.2, 0.25) is 0 Å². The molecule has 2 amide bonds. The van der Waals surface area contributed by atoms with Crippen molar-refractivity contribution in [3.63, 3.8) is 0 Å². The second kappa shape index (κ2) is 6.88. The van der Waals surface area contributed by atoms with Gasteiger partial charge < -0.3 is 10.6 Å². The van der Waals surface area contributed by atoms with Crippen molar-refractivity contribution in [1.29, 1.82) is 0 Å². The predicted molar refractivity (Wildman–Crippen MR) is 82.6 cm³/mol. The molecule has 0 aliphatic rings. The fourth-order valence-electron chi connectivity index (χ4n) is 1.51. The second-order valence-corrected chi connectivity index (χ2v) is 7.14. The number of hydrogen-bond donors (Lipinski definition) is 2. The third-order valence-electron chi connectivity index (χ3n) is 2.92. The highest BCUT2D eigenvalue weighted by molar-refractivity contribution is 7.11. The molecule has 0 aliphatic carbocycles. The standard InChI is InChI=1S/C15H24N2O2S/c1-6-11-7-8-12(20-11)9-16-13(18)10(2)17-14(19)15(3,4)5/h7-8,10H,6,9H2,1-5H3,(H,16,18)(H,17,19)/t10-/m1/s1. The van der Waals surface area contributed by atoms with Crippen LogP contribution in [0, 0.1) is 5.41 Å². The van der Waals surface area contributed by atoms with Gasteiger partial charge in [-0.15, -0.1) is 11.3 Å². The Hall–Kier alpha value is -1.36. The molecule has 1 heterocycles. The van der Waals surface area contributed by atoms with Gasteiger partial charge in [0.15, 0.2) is 0 Å². The van der Waals surface area contributed by atoms with Crippen LogP contribution in [0.15, 0.2) is 12.1 Å². The van der Waals surface area contributed by atoms with Crippen molar-refractivity contribution in [2.75, 3.05) is 0 Å². The highest BCUT2D eigenvalue weighted by Crippen LogP contribution is 2.16. The fourth-order valence-corrected chi connectivity index (χ4v) is 2.41. The zero-order valence-corrected chi connectivity index (χ0v) is 13.7. The zero-order valence-electron chi connectivity index (χ0n) is 12.9. The fraction of sp³-hybridized carbons (Fsp3) is 0.600. The first kappa shape index (κ1) is 16.7. The highest BCUT2D eigenvalue weighted by Gasteiger charge is 2.24. The Kier molecular flexibility index (Phi) is 5.74. The molecule has 1 aromatic heterocycles. The van der Waals surface area contributed by atoms with Gasteiger partial charge in [0.1, 0.15) is 6.04 Å². The maximum absolute atomic E-state index is 11.9. The summed E-state index contributed by atoms with van der Waals surface area (Å²) in [5.74, 6) is -0.279. The number of hydrogen-bond acceptors (Lipinski definition) is 3. The summed E-state index contributed by atoms with van der Waals surface area (Å²) in [4.78, 5) is 26.2. The minimum Gasteiger partial charge on any atom is -0.349 e. The summed E-state index contributed by atoms with van der Waals surface area (Å²) in [5, 5.41) is 5.57. The summed E-state index contributed by atoms with van der Waals surface area (Å²) in [6.45, 7) is 9.79. The number of amides is 2. The van der Waals surface area contributed by atoms with Gasteiger partial charge in [-0.2, -0.15) is 0 Å². The molecule has 1 aromatic rings. The minimum atomic E-state index is -0.521. The molecule has 4 nitrogen and oxygen atoms in total. The van der Waals surface area contributed by atoms with Crippen LogP contribution in [-0.2, 0) is 22.6 Å². The van der Waals surface area contributed by atoms with Gasteiger partial charge in [-0.1, -0.05) is 27.7 Å². The minimum absolute atomic E-state index is 0.121. The lowest BCUT2D eigenvalue weighted by atomic mass is 9.95. The summed E-state index contributed by atoms with van der Waals surface area (Å²) in [6, 6.07) is 3.59. The Morgan fingerprint density at radius 2 is 1.85 bits per heavy atom. The number of rotatable bonds is 5. The van der Waals surface area contributed by atoms with Crippen molar-refractivity contribution in [3.8, 4) is 0 Å². The molecule has 0 saturated carbocycles. The van der Waals surface area contributed by atoms with E-state index in [4.69, 9.17) is 0 Å². The van der Waals surface area contributed by atoms with Crippen LogP contribution < -0.4 is 10.6 Å². The quantitative estimate of drug-likeness (QED) is 0.877. The Bertz CT molecular complexity index is 474. The first-order chi connectivity index (χ1) is 9.24. The van der Waals surface area contributed by atoms with Gasteiger partial charge in [0.25, 0.3) is 0 Å². The molecule has 0 spiro atoms. The molecule has 0 radical (unpaired) electrons. The molecule has 0 fully saturated rings. The third kappa shape index (κ3) is 4.96. The van der Waals surface area contributed by atoms with E-state index in [1.54, 1.807) is 18.3 Å². The summed E-state index contributed by atoms with van der Waals surface area (Å²) < 4.78 is 0. The van der Waals surface area contributed by atoms with Crippen molar-refractivity contribution in [2.24, 2.45) is 5.41 Å². The molecule has 1 atom stereocenters. The van der Waals surface area contributed by atoms with E-state index >= 15 is 0 Å². The number of thiophene rings is 1. The van der Waals surface area contributed by atoms with E-state index in [1.807, 2.05) is 26.8 Å². The van der Waals surface area contributed by atoms with Gasteiger partial charge in [0.05, 0.1) is 6.54 Å². The molecule has 0 saturated heterocycles. The molecule has 5 heteroatoms. The van der Waals surface area contributed by atoms with Crippen molar-refractivity contribution in [3.05, 3.63) is 21.9 Å². The number of nitrogens with one attached hydrogen (secondary N) is 2. The lowest BCUT2D eigenvalue weighted by Crippen LogP contribution is -2.48. The maximum atomic E-state index is 11.9. The topological polar surface area (TPSA) is 58.2 Å². The Balaban J connectivity index is 2.44. The molecular weight excluding hydrogens is 272 g/mol. The normalized spacial score (nSPS) is 12.8. The molecule has 20 heavy (non-hydrogen) atoms. The van der Waals surface area contributed by atoms with Gasteiger partial charge in [0.2, 0.25) is 11.8 Å². The van der Waals surface area contributed by atoms with Crippen molar-refractivity contribution in [1.82, 2.24) is 10.6 Å². The van der Waals surface area contributed by atoms with E-state index in [9.17, 15) is 9.59 Å². The van der Waals surface area contributed by atoms with Gasteiger partial charge in [0, 0.05) is 15.2 Å². The van der Waals surface area contributed by atoms with Crippen molar-refractivity contribution in [2.45, 2.75) is 53.6 Å². The Morgan fingerprint density at radius 1 is 1.25 bits per heavy atom. The van der Waals surface area contributed by atoms with Gasteiger partial charge >= 0.3 is 0 Å². The molecule has 1 rings (SSSR count). The predicted octanol–water partition coefficient (Wildman–Crippen LogP) is 2.48. The average Bonchev–Trinajstić information content (AvgIpc) is 2.82. The van der Waals surface area contributed by atoms with Crippen molar-refractivity contribution >= 4 is 23.2 Å². The Morgan fingerprint density at radius 3 is 2.35 bits per heavy atom. The Labute approximate surface area is 125 Å². The van der Waals surface area contributed by atoms with Crippen LogP contribution in [0.5, 0.6) is 0 Å². The monoisotopic (exact) mass is 296 g/mol. The first-order valence-electron chi connectivity index (χ1n) is 6.90. The third-order valence-corrected chi connectivity index (χ3v) is 4.15. The van der Waals surface area contributed by atoms with Gasteiger partial charge in [-0.3, -0.25) is 9.59 Å². The molecule has 0 unspecified atom stereocenters. The first-order valence-corrected chi connectivity index (χ1v) is 7.72. The molecule has 2 N–H and O–H groups in total. The molecule has 0 bridgehead atoms. The summed E-state index contributed by atoms with van der Waals surface area (Å²) >= 11 is 1.70. The van der Waals surface area contributed by atoms with E-state index < -0.39 is 11.5 Å². The molecule has 0 aromatic carbocycles. The lowest BCUT2D eigenvalue weighted by molar-refractivity contribution is -0.133. The molecule has 0 aliphatic heterocycles. The van der Waals surface area contributed by atoms with E-state index in [0.29, 0.717) is 6.54 Å². The maximum Gasteiger partial charge on any atom is 0.242 e. The van der Waals surface area contributed by atoms with Gasteiger partial charge in [-0.05, 0) is 25.5 Å². The second-order valence-electron chi connectivity index (χ2n) is 5.88. The largest absolute Gasteiger partial charge is 0.349 e. The summed E-state index contributed by atoms with van der Waals surface area (Å²) in [6.07, 6.45) is 1.01. The highest BCUT2D eigenvalue weighted by atomic mass is 32.1. The number of carbonyl (C=O) groups excluding carboxylic acids is 2. The van der Waals surface area contributed by atoms with Crippen LogP contribution in [0.3, 0.4) is 0 Å².